The van der Waals surface area contributed by atoms with Gasteiger partial charge in [-0.15, -0.1) is 0 Å². The number of phenols is 1. The second-order valence-corrected chi connectivity index (χ2v) is 4.80. The third kappa shape index (κ3) is 2.58. The fourth-order valence-electron chi connectivity index (χ4n) is 2.06. The zero-order valence-corrected chi connectivity index (χ0v) is 9.99. The molecule has 1 fully saturated rings. The lowest BCUT2D eigenvalue weighted by Crippen LogP contribution is -2.40. The average Bonchev–Trinajstić information content (AvgIpc) is 2.76. The molecule has 1 aliphatic heterocycles. The fourth-order valence-corrected chi connectivity index (χ4v) is 2.06. The van der Waals surface area contributed by atoms with Crippen molar-refractivity contribution < 1.29 is 9.90 Å². The lowest BCUT2D eigenvalue weighted by Gasteiger charge is -2.21. The van der Waals surface area contributed by atoms with Crippen LogP contribution in [0.2, 0.25) is 0 Å². The molecule has 17 heavy (non-hydrogen) atoms. The molecule has 4 nitrogen and oxygen atoms in total. The summed E-state index contributed by atoms with van der Waals surface area (Å²) in [6, 6.07) is 7.05. The summed E-state index contributed by atoms with van der Waals surface area (Å²) in [4.78, 5) is 12.0. The van der Waals surface area contributed by atoms with Crippen molar-refractivity contribution in [2.24, 2.45) is 5.41 Å². The van der Waals surface area contributed by atoms with Crippen LogP contribution in [0, 0.1) is 5.41 Å². The Bertz CT molecular complexity index is 412. The highest BCUT2D eigenvalue weighted by Gasteiger charge is 2.35. The Morgan fingerprint density at radius 3 is 2.94 bits per heavy atom. The van der Waals surface area contributed by atoms with Crippen molar-refractivity contribution in [2.45, 2.75) is 19.9 Å². The first-order valence-corrected chi connectivity index (χ1v) is 5.88. The van der Waals surface area contributed by atoms with E-state index in [-0.39, 0.29) is 17.1 Å². The number of para-hydroxylation sites is 1. The summed E-state index contributed by atoms with van der Waals surface area (Å²) in [7, 11) is 0. The minimum atomic E-state index is -0.315. The average molecular weight is 234 g/mol. The van der Waals surface area contributed by atoms with Crippen molar-refractivity contribution in [3.05, 3.63) is 29.8 Å². The van der Waals surface area contributed by atoms with Crippen molar-refractivity contribution in [1.82, 2.24) is 10.6 Å². The molecule has 4 heteroatoms. The highest BCUT2D eigenvalue weighted by atomic mass is 16.3. The molecule has 0 spiro atoms. The third-order valence-electron chi connectivity index (χ3n) is 3.35. The van der Waals surface area contributed by atoms with Gasteiger partial charge in [-0.1, -0.05) is 18.2 Å². The normalized spacial score (nSPS) is 23.6. The van der Waals surface area contributed by atoms with E-state index in [2.05, 4.69) is 10.6 Å². The molecule has 3 N–H and O–H groups in total. The molecule has 2 rings (SSSR count). The van der Waals surface area contributed by atoms with Crippen molar-refractivity contribution in [3.8, 4) is 5.75 Å². The van der Waals surface area contributed by atoms with Crippen LogP contribution in [-0.4, -0.2) is 24.1 Å². The van der Waals surface area contributed by atoms with Crippen molar-refractivity contribution in [3.63, 3.8) is 0 Å². The molecule has 1 atom stereocenters. The molecule has 1 aromatic carbocycles. The van der Waals surface area contributed by atoms with Crippen LogP contribution in [0.4, 0.5) is 0 Å². The molecular formula is C13H18N2O2. The van der Waals surface area contributed by atoms with Gasteiger partial charge in [-0.05, 0) is 26.0 Å². The number of nitrogens with one attached hydrogen (secondary N) is 2. The van der Waals surface area contributed by atoms with Crippen LogP contribution in [0.25, 0.3) is 0 Å². The van der Waals surface area contributed by atoms with Gasteiger partial charge in [0.25, 0.3) is 0 Å². The van der Waals surface area contributed by atoms with E-state index in [0.29, 0.717) is 6.54 Å². The summed E-state index contributed by atoms with van der Waals surface area (Å²) in [5.74, 6) is 0.272. The molecule has 0 bridgehead atoms. The SMILES string of the molecule is CC1(C(=O)NCc2ccccc2O)CCNC1. The van der Waals surface area contributed by atoms with E-state index in [9.17, 15) is 9.90 Å². The van der Waals surface area contributed by atoms with Gasteiger partial charge >= 0.3 is 0 Å². The molecule has 1 unspecified atom stereocenters. The van der Waals surface area contributed by atoms with Crippen LogP contribution in [0.5, 0.6) is 5.75 Å². The van der Waals surface area contributed by atoms with Gasteiger partial charge in [0.2, 0.25) is 5.91 Å². The maximum Gasteiger partial charge on any atom is 0.227 e. The first-order chi connectivity index (χ1) is 8.12. The summed E-state index contributed by atoms with van der Waals surface area (Å²) >= 11 is 0. The highest BCUT2D eigenvalue weighted by Crippen LogP contribution is 2.25. The summed E-state index contributed by atoms with van der Waals surface area (Å²) in [5, 5.41) is 15.7. The first kappa shape index (κ1) is 11.9. The van der Waals surface area contributed by atoms with Gasteiger partial charge < -0.3 is 15.7 Å². The standard InChI is InChI=1S/C13H18N2O2/c1-13(6-7-14-9-13)12(17)15-8-10-4-2-3-5-11(10)16/h2-5,14,16H,6-9H2,1H3,(H,15,17). The number of aromatic hydroxyl groups is 1. The molecule has 0 aliphatic carbocycles. The number of carbonyl (C=O) groups excluding carboxylic acids is 1. The molecule has 1 aliphatic rings. The van der Waals surface area contributed by atoms with Crippen molar-refractivity contribution >= 4 is 5.91 Å². The lowest BCUT2D eigenvalue weighted by molar-refractivity contribution is -0.129. The van der Waals surface area contributed by atoms with Crippen LogP contribution in [0.15, 0.2) is 24.3 Å². The number of hydrogen-bond donors (Lipinski definition) is 3. The molecule has 92 valence electrons. The maximum absolute atomic E-state index is 12.0. The third-order valence-corrected chi connectivity index (χ3v) is 3.35. The van der Waals surface area contributed by atoms with E-state index in [1.54, 1.807) is 12.1 Å². The van der Waals surface area contributed by atoms with Crippen LogP contribution in [0.3, 0.4) is 0 Å². The van der Waals surface area contributed by atoms with E-state index in [1.165, 1.54) is 0 Å². The lowest BCUT2D eigenvalue weighted by atomic mass is 9.89. The Morgan fingerprint density at radius 2 is 2.29 bits per heavy atom. The molecule has 0 aromatic heterocycles. The van der Waals surface area contributed by atoms with Crippen LogP contribution < -0.4 is 10.6 Å². The van der Waals surface area contributed by atoms with E-state index < -0.39 is 0 Å². The maximum atomic E-state index is 12.0. The van der Waals surface area contributed by atoms with Gasteiger partial charge in [0.05, 0.1) is 5.41 Å². The fraction of sp³-hybridized carbons (Fsp3) is 0.462. The number of carbonyl (C=O) groups is 1. The Labute approximate surface area is 101 Å². The molecule has 1 heterocycles. The van der Waals surface area contributed by atoms with E-state index in [0.717, 1.165) is 25.1 Å². The zero-order chi connectivity index (χ0) is 12.3. The number of amides is 1. The minimum Gasteiger partial charge on any atom is -0.508 e. The monoisotopic (exact) mass is 234 g/mol. The van der Waals surface area contributed by atoms with Gasteiger partial charge in [-0.3, -0.25) is 4.79 Å². The molecule has 0 radical (unpaired) electrons. The van der Waals surface area contributed by atoms with Gasteiger partial charge in [0.15, 0.2) is 0 Å². The van der Waals surface area contributed by atoms with Crippen molar-refractivity contribution in [1.29, 1.82) is 0 Å². The summed E-state index contributed by atoms with van der Waals surface area (Å²) < 4.78 is 0. The molecule has 0 saturated carbocycles. The van der Waals surface area contributed by atoms with Crippen LogP contribution >= 0.6 is 0 Å². The summed E-state index contributed by atoms with van der Waals surface area (Å²) in [6.45, 7) is 3.95. The first-order valence-electron chi connectivity index (χ1n) is 5.88. The van der Waals surface area contributed by atoms with E-state index >= 15 is 0 Å². The largest absolute Gasteiger partial charge is 0.508 e. The number of benzene rings is 1. The van der Waals surface area contributed by atoms with Gasteiger partial charge in [-0.2, -0.15) is 0 Å². The van der Waals surface area contributed by atoms with E-state index in [4.69, 9.17) is 0 Å². The number of phenolic OH excluding ortho intramolecular Hbond substituents is 1. The van der Waals surface area contributed by atoms with E-state index in [1.807, 2.05) is 19.1 Å². The smallest absolute Gasteiger partial charge is 0.227 e. The summed E-state index contributed by atoms with van der Waals surface area (Å²) in [6.07, 6.45) is 0.861. The Balaban J connectivity index is 1.94. The van der Waals surface area contributed by atoms with Crippen LogP contribution in [0.1, 0.15) is 18.9 Å². The number of rotatable bonds is 3. The topological polar surface area (TPSA) is 61.4 Å². The Kier molecular flexibility index (Phi) is 3.33. The van der Waals surface area contributed by atoms with Crippen molar-refractivity contribution in [2.75, 3.05) is 13.1 Å². The summed E-state index contributed by atoms with van der Waals surface area (Å²) in [5.41, 5.74) is 0.431. The minimum absolute atomic E-state index is 0.0470. The van der Waals surface area contributed by atoms with Gasteiger partial charge in [-0.25, -0.2) is 0 Å². The van der Waals surface area contributed by atoms with Crippen LogP contribution in [-0.2, 0) is 11.3 Å². The van der Waals surface area contributed by atoms with Gasteiger partial charge in [0, 0.05) is 18.7 Å². The number of hydrogen-bond acceptors (Lipinski definition) is 3. The molecular weight excluding hydrogens is 216 g/mol. The molecule has 1 saturated heterocycles. The highest BCUT2D eigenvalue weighted by molar-refractivity contribution is 5.82. The Hall–Kier alpha value is -1.55. The second-order valence-electron chi connectivity index (χ2n) is 4.80. The zero-order valence-electron chi connectivity index (χ0n) is 9.99. The quantitative estimate of drug-likeness (QED) is 0.731. The van der Waals surface area contributed by atoms with Gasteiger partial charge in [0.1, 0.15) is 5.75 Å². The second kappa shape index (κ2) is 4.75. The predicted molar refractivity (Wildman–Crippen MR) is 65.5 cm³/mol. The molecule has 1 amide bonds. The predicted octanol–water partition coefficient (Wildman–Crippen LogP) is 1.01. The Morgan fingerprint density at radius 1 is 1.53 bits per heavy atom. The molecule has 1 aromatic rings.